The van der Waals surface area contributed by atoms with Crippen molar-refractivity contribution in [2.24, 2.45) is 0 Å². The maximum absolute atomic E-state index is 11.8. The summed E-state index contributed by atoms with van der Waals surface area (Å²) < 4.78 is 0. The first-order chi connectivity index (χ1) is 12.6. The van der Waals surface area contributed by atoms with Crippen LogP contribution in [0.3, 0.4) is 0 Å². The Labute approximate surface area is 153 Å². The molecule has 1 heterocycles. The molecule has 7 heteroatoms. The molecule has 1 fully saturated rings. The Kier molecular flexibility index (Phi) is 5.99. The summed E-state index contributed by atoms with van der Waals surface area (Å²) in [5.74, 6) is 0.664. The summed E-state index contributed by atoms with van der Waals surface area (Å²) in [6, 6.07) is 10.1. The van der Waals surface area contributed by atoms with E-state index in [0.717, 1.165) is 31.2 Å². The SMILES string of the molecule is CN(Cc1ccccc1)c1ncnc(NC2CCCCCC2)c1[N+](=O)[O-]. The molecule has 0 amide bonds. The van der Waals surface area contributed by atoms with Crippen LogP contribution in [0.1, 0.15) is 44.1 Å². The van der Waals surface area contributed by atoms with E-state index in [1.807, 2.05) is 37.4 Å². The number of benzene rings is 1. The molecule has 1 aromatic carbocycles. The molecule has 26 heavy (non-hydrogen) atoms. The van der Waals surface area contributed by atoms with Gasteiger partial charge in [0.2, 0.25) is 11.6 Å². The molecule has 0 spiro atoms. The third-order valence-electron chi connectivity index (χ3n) is 4.81. The summed E-state index contributed by atoms with van der Waals surface area (Å²) >= 11 is 0. The van der Waals surface area contributed by atoms with Crippen molar-refractivity contribution < 1.29 is 4.92 Å². The number of nitrogens with one attached hydrogen (secondary N) is 1. The molecule has 138 valence electrons. The van der Waals surface area contributed by atoms with Crippen LogP contribution >= 0.6 is 0 Å². The molecule has 1 saturated carbocycles. The van der Waals surface area contributed by atoms with Crippen LogP contribution in [0.2, 0.25) is 0 Å². The fourth-order valence-electron chi connectivity index (χ4n) is 3.47. The van der Waals surface area contributed by atoms with E-state index in [9.17, 15) is 10.1 Å². The first-order valence-corrected chi connectivity index (χ1v) is 9.16. The van der Waals surface area contributed by atoms with Crippen LogP contribution in [0.5, 0.6) is 0 Å². The zero-order valence-corrected chi connectivity index (χ0v) is 15.1. The maximum atomic E-state index is 11.8. The van der Waals surface area contributed by atoms with E-state index >= 15 is 0 Å². The van der Waals surface area contributed by atoms with Crippen LogP contribution < -0.4 is 10.2 Å². The van der Waals surface area contributed by atoms with Gasteiger partial charge in [-0.2, -0.15) is 0 Å². The summed E-state index contributed by atoms with van der Waals surface area (Å²) in [6.45, 7) is 0.543. The van der Waals surface area contributed by atoms with Gasteiger partial charge in [0.1, 0.15) is 6.33 Å². The Bertz CT molecular complexity index is 730. The number of rotatable bonds is 6. The third-order valence-corrected chi connectivity index (χ3v) is 4.81. The standard InChI is InChI=1S/C19H25N5O2/c1-23(13-15-9-5-4-6-10-15)19-17(24(25)26)18(20-14-21-19)22-16-11-7-2-3-8-12-16/h4-6,9-10,14,16H,2-3,7-8,11-13H2,1H3,(H,20,21,22). The zero-order valence-electron chi connectivity index (χ0n) is 15.1. The average molecular weight is 355 g/mol. The van der Waals surface area contributed by atoms with Crippen LogP contribution in [0.4, 0.5) is 17.3 Å². The lowest BCUT2D eigenvalue weighted by Gasteiger charge is -2.21. The molecule has 2 aromatic rings. The summed E-state index contributed by atoms with van der Waals surface area (Å²) in [7, 11) is 1.82. The maximum Gasteiger partial charge on any atom is 0.353 e. The summed E-state index contributed by atoms with van der Waals surface area (Å²) in [6.07, 6.45) is 8.22. The molecule has 1 aliphatic carbocycles. The molecule has 0 radical (unpaired) electrons. The minimum absolute atomic E-state index is 0.0461. The molecular weight excluding hydrogens is 330 g/mol. The molecule has 0 unspecified atom stereocenters. The summed E-state index contributed by atoms with van der Waals surface area (Å²) in [4.78, 5) is 21.6. The molecule has 7 nitrogen and oxygen atoms in total. The van der Waals surface area contributed by atoms with Gasteiger partial charge in [0.25, 0.3) is 0 Å². The molecule has 1 N–H and O–H groups in total. The average Bonchev–Trinajstić information content (AvgIpc) is 2.91. The quantitative estimate of drug-likeness (QED) is 0.476. The Balaban J connectivity index is 1.84. The van der Waals surface area contributed by atoms with Gasteiger partial charge < -0.3 is 10.2 Å². The van der Waals surface area contributed by atoms with Crippen molar-refractivity contribution in [3.63, 3.8) is 0 Å². The molecule has 0 atom stereocenters. The van der Waals surface area contributed by atoms with Gasteiger partial charge in [-0.3, -0.25) is 10.1 Å². The minimum atomic E-state index is -0.379. The summed E-state index contributed by atoms with van der Waals surface area (Å²) in [5.41, 5.74) is 1.02. The van der Waals surface area contributed by atoms with E-state index in [4.69, 9.17) is 0 Å². The topological polar surface area (TPSA) is 84.2 Å². The fraction of sp³-hybridized carbons (Fsp3) is 0.474. The number of aromatic nitrogens is 2. The van der Waals surface area contributed by atoms with E-state index in [1.165, 1.54) is 19.2 Å². The molecule has 0 saturated heterocycles. The number of hydrogen-bond acceptors (Lipinski definition) is 6. The first-order valence-electron chi connectivity index (χ1n) is 9.16. The van der Waals surface area contributed by atoms with Gasteiger partial charge in [0.15, 0.2) is 0 Å². The Morgan fingerprint density at radius 3 is 2.50 bits per heavy atom. The monoisotopic (exact) mass is 355 g/mol. The Hall–Kier alpha value is -2.70. The fourth-order valence-corrected chi connectivity index (χ4v) is 3.47. The highest BCUT2D eigenvalue weighted by atomic mass is 16.6. The third kappa shape index (κ3) is 4.47. The molecule has 0 bridgehead atoms. The van der Waals surface area contributed by atoms with Gasteiger partial charge in [-0.05, 0) is 18.4 Å². The smallest absolute Gasteiger partial charge is 0.353 e. The van der Waals surface area contributed by atoms with Crippen molar-refractivity contribution in [2.75, 3.05) is 17.3 Å². The van der Waals surface area contributed by atoms with Crippen molar-refractivity contribution in [1.82, 2.24) is 9.97 Å². The highest BCUT2D eigenvalue weighted by molar-refractivity contribution is 5.70. The predicted molar refractivity (Wildman–Crippen MR) is 102 cm³/mol. The normalized spacial score (nSPS) is 15.3. The van der Waals surface area contributed by atoms with E-state index in [-0.39, 0.29) is 16.7 Å². The van der Waals surface area contributed by atoms with Crippen LogP contribution in [-0.2, 0) is 6.54 Å². The van der Waals surface area contributed by atoms with Gasteiger partial charge >= 0.3 is 5.69 Å². The van der Waals surface area contributed by atoms with Gasteiger partial charge in [0.05, 0.1) is 4.92 Å². The van der Waals surface area contributed by atoms with Gasteiger partial charge in [-0.25, -0.2) is 9.97 Å². The Morgan fingerprint density at radius 1 is 1.15 bits per heavy atom. The van der Waals surface area contributed by atoms with Crippen molar-refractivity contribution in [2.45, 2.75) is 51.1 Å². The van der Waals surface area contributed by atoms with Crippen molar-refractivity contribution in [3.8, 4) is 0 Å². The lowest BCUT2D eigenvalue weighted by molar-refractivity contribution is -0.383. The van der Waals surface area contributed by atoms with Crippen molar-refractivity contribution in [1.29, 1.82) is 0 Å². The largest absolute Gasteiger partial charge is 0.361 e. The lowest BCUT2D eigenvalue weighted by atomic mass is 10.1. The van der Waals surface area contributed by atoms with Crippen LogP contribution in [0.15, 0.2) is 36.7 Å². The van der Waals surface area contributed by atoms with E-state index in [0.29, 0.717) is 18.2 Å². The van der Waals surface area contributed by atoms with Crippen LogP contribution in [0, 0.1) is 10.1 Å². The minimum Gasteiger partial charge on any atom is -0.361 e. The second-order valence-electron chi connectivity index (χ2n) is 6.83. The number of nitro groups is 1. The molecule has 0 aliphatic heterocycles. The Morgan fingerprint density at radius 2 is 1.85 bits per heavy atom. The van der Waals surface area contributed by atoms with Gasteiger partial charge in [-0.1, -0.05) is 56.0 Å². The second-order valence-corrected chi connectivity index (χ2v) is 6.83. The van der Waals surface area contributed by atoms with Crippen molar-refractivity contribution >= 4 is 17.3 Å². The van der Waals surface area contributed by atoms with Gasteiger partial charge in [-0.15, -0.1) is 0 Å². The first kappa shape index (κ1) is 18.1. The van der Waals surface area contributed by atoms with Gasteiger partial charge in [0, 0.05) is 19.6 Å². The van der Waals surface area contributed by atoms with E-state index < -0.39 is 0 Å². The van der Waals surface area contributed by atoms with E-state index in [1.54, 1.807) is 4.90 Å². The van der Waals surface area contributed by atoms with Crippen LogP contribution in [0.25, 0.3) is 0 Å². The number of anilines is 2. The summed E-state index contributed by atoms with van der Waals surface area (Å²) in [5, 5.41) is 15.1. The number of hydrogen-bond donors (Lipinski definition) is 1. The zero-order chi connectivity index (χ0) is 18.4. The lowest BCUT2D eigenvalue weighted by Crippen LogP contribution is -2.23. The highest BCUT2D eigenvalue weighted by Crippen LogP contribution is 2.33. The van der Waals surface area contributed by atoms with E-state index in [2.05, 4.69) is 15.3 Å². The predicted octanol–water partition coefficient (Wildman–Crippen LogP) is 4.16. The molecule has 3 rings (SSSR count). The highest BCUT2D eigenvalue weighted by Gasteiger charge is 2.27. The second kappa shape index (κ2) is 8.60. The molecule has 1 aromatic heterocycles. The molecule has 1 aliphatic rings. The van der Waals surface area contributed by atoms with Crippen LogP contribution in [-0.4, -0.2) is 28.0 Å². The number of nitrogens with zero attached hydrogens (tertiary/aromatic N) is 4. The van der Waals surface area contributed by atoms with Crippen molar-refractivity contribution in [3.05, 3.63) is 52.3 Å². The molecular formula is C19H25N5O2.